The van der Waals surface area contributed by atoms with Crippen LogP contribution in [-0.4, -0.2) is 45.3 Å². The van der Waals surface area contributed by atoms with Crippen LogP contribution in [0.4, 0.5) is 0 Å². The number of nitrogens with zero attached hydrogens (tertiary/aromatic N) is 3. The molecule has 7 nitrogen and oxygen atoms in total. The Bertz CT molecular complexity index is 766. The van der Waals surface area contributed by atoms with Gasteiger partial charge in [0.15, 0.2) is 5.69 Å². The largest absolute Gasteiger partial charge is 0.476 e. The van der Waals surface area contributed by atoms with Gasteiger partial charge in [0, 0.05) is 19.0 Å². The van der Waals surface area contributed by atoms with Crippen molar-refractivity contribution >= 4 is 22.6 Å². The van der Waals surface area contributed by atoms with Crippen molar-refractivity contribution in [3.63, 3.8) is 0 Å². The maximum Gasteiger partial charge on any atom is 0.357 e. The van der Waals surface area contributed by atoms with Crippen LogP contribution in [-0.2, 0) is 11.3 Å². The lowest BCUT2D eigenvalue weighted by Gasteiger charge is -2.15. The molecule has 0 spiro atoms. The molecule has 0 unspecified atom stereocenters. The lowest BCUT2D eigenvalue weighted by molar-refractivity contribution is -0.130. The van der Waals surface area contributed by atoms with E-state index in [9.17, 15) is 19.5 Å². The van der Waals surface area contributed by atoms with Gasteiger partial charge in [0.25, 0.3) is 5.56 Å². The summed E-state index contributed by atoms with van der Waals surface area (Å²) < 4.78 is 0.903. The second kappa shape index (κ2) is 5.74. The van der Waals surface area contributed by atoms with Gasteiger partial charge in [-0.25, -0.2) is 9.48 Å². The van der Waals surface area contributed by atoms with Crippen molar-refractivity contribution in [2.45, 2.75) is 13.5 Å². The van der Waals surface area contributed by atoms with Crippen molar-refractivity contribution in [2.24, 2.45) is 0 Å². The van der Waals surface area contributed by atoms with Gasteiger partial charge in [-0.05, 0) is 13.0 Å². The molecule has 0 bridgehead atoms. The minimum absolute atomic E-state index is 0.233. The smallest absolute Gasteiger partial charge is 0.357 e. The molecule has 0 saturated carbocycles. The molecule has 0 aliphatic carbocycles. The third-order valence-electron chi connectivity index (χ3n) is 3.26. The average Bonchev–Trinajstić information content (AvgIpc) is 2.48. The van der Waals surface area contributed by atoms with Crippen LogP contribution in [0, 0.1) is 0 Å². The molecule has 0 aliphatic heterocycles. The first-order valence-electron chi connectivity index (χ1n) is 6.42. The predicted octanol–water partition coefficient (Wildman–Crippen LogP) is 0.573. The summed E-state index contributed by atoms with van der Waals surface area (Å²) in [5.41, 5.74) is -0.717. The molecule has 1 N–H and O–H groups in total. The Balaban J connectivity index is 2.60. The highest BCUT2D eigenvalue weighted by Gasteiger charge is 2.17. The zero-order chi connectivity index (χ0) is 15.6. The highest BCUT2D eigenvalue weighted by Crippen LogP contribution is 2.13. The van der Waals surface area contributed by atoms with E-state index in [0.717, 1.165) is 4.68 Å². The highest BCUT2D eigenvalue weighted by molar-refractivity contribution is 6.01. The molecule has 110 valence electrons. The molecule has 1 aromatic carbocycles. The number of carbonyl (C=O) groups is 2. The van der Waals surface area contributed by atoms with Gasteiger partial charge in [-0.1, -0.05) is 18.2 Å². The summed E-state index contributed by atoms with van der Waals surface area (Å²) in [6.07, 6.45) is 0. The first kappa shape index (κ1) is 14.7. The van der Waals surface area contributed by atoms with E-state index in [4.69, 9.17) is 0 Å². The van der Waals surface area contributed by atoms with Crippen LogP contribution < -0.4 is 5.56 Å². The van der Waals surface area contributed by atoms with Gasteiger partial charge in [0.1, 0.15) is 6.54 Å². The molecule has 1 amide bonds. The summed E-state index contributed by atoms with van der Waals surface area (Å²) in [6.45, 7) is 2.01. The predicted molar refractivity (Wildman–Crippen MR) is 76.3 cm³/mol. The molecular formula is C14H15N3O4. The van der Waals surface area contributed by atoms with E-state index in [1.807, 2.05) is 0 Å². The second-order valence-corrected chi connectivity index (χ2v) is 4.57. The van der Waals surface area contributed by atoms with Crippen molar-refractivity contribution in [3.8, 4) is 0 Å². The summed E-state index contributed by atoms with van der Waals surface area (Å²) >= 11 is 0. The van der Waals surface area contributed by atoms with Crippen LogP contribution in [0.25, 0.3) is 10.8 Å². The summed E-state index contributed by atoms with van der Waals surface area (Å²) in [6, 6.07) is 6.32. The molecule has 0 saturated heterocycles. The van der Waals surface area contributed by atoms with Crippen LogP contribution in [0.15, 0.2) is 29.1 Å². The number of rotatable bonds is 4. The zero-order valence-corrected chi connectivity index (χ0v) is 11.7. The van der Waals surface area contributed by atoms with E-state index in [0.29, 0.717) is 6.54 Å². The van der Waals surface area contributed by atoms with Gasteiger partial charge in [-0.3, -0.25) is 9.59 Å². The van der Waals surface area contributed by atoms with Crippen LogP contribution in [0.2, 0.25) is 0 Å². The SMILES string of the molecule is CCN(C)C(=O)Cn1nc(C(=O)O)c2ccccc2c1=O. The van der Waals surface area contributed by atoms with E-state index >= 15 is 0 Å². The Morgan fingerprint density at radius 1 is 1.29 bits per heavy atom. The second-order valence-electron chi connectivity index (χ2n) is 4.57. The van der Waals surface area contributed by atoms with Gasteiger partial charge in [-0.2, -0.15) is 5.10 Å². The van der Waals surface area contributed by atoms with E-state index in [1.165, 1.54) is 17.0 Å². The Kier molecular flexibility index (Phi) is 4.02. The molecule has 0 fully saturated rings. The Hall–Kier alpha value is -2.70. The number of aromatic carboxylic acids is 1. The first-order chi connectivity index (χ1) is 9.95. The lowest BCUT2D eigenvalue weighted by Crippen LogP contribution is -2.35. The van der Waals surface area contributed by atoms with Crippen LogP contribution >= 0.6 is 0 Å². The standard InChI is InChI=1S/C14H15N3O4/c1-3-16(2)11(18)8-17-13(19)10-7-5-4-6-9(10)12(15-17)14(20)21/h4-7H,3,8H2,1-2H3,(H,20,21). The summed E-state index contributed by atoms with van der Waals surface area (Å²) in [4.78, 5) is 36.9. The molecule has 0 aliphatic rings. The number of aromatic nitrogens is 2. The van der Waals surface area contributed by atoms with E-state index in [1.54, 1.807) is 26.1 Å². The fourth-order valence-electron chi connectivity index (χ4n) is 1.93. The number of likely N-dealkylation sites (N-methyl/N-ethyl adjacent to an activating group) is 1. The number of hydrogen-bond acceptors (Lipinski definition) is 4. The van der Waals surface area contributed by atoms with Gasteiger partial charge < -0.3 is 10.0 Å². The lowest BCUT2D eigenvalue weighted by atomic mass is 10.1. The number of amides is 1. The van der Waals surface area contributed by atoms with Crippen molar-refractivity contribution in [3.05, 3.63) is 40.3 Å². The molecule has 2 aromatic rings. The molecule has 2 rings (SSSR count). The number of carbonyl (C=O) groups excluding carboxylic acids is 1. The van der Waals surface area contributed by atoms with Crippen molar-refractivity contribution in [2.75, 3.05) is 13.6 Å². The number of hydrogen-bond donors (Lipinski definition) is 1. The molecule has 1 aromatic heterocycles. The minimum atomic E-state index is -1.24. The monoisotopic (exact) mass is 289 g/mol. The highest BCUT2D eigenvalue weighted by atomic mass is 16.4. The summed E-state index contributed by atoms with van der Waals surface area (Å²) in [5, 5.41) is 13.5. The van der Waals surface area contributed by atoms with Crippen LogP contribution in [0.1, 0.15) is 17.4 Å². The van der Waals surface area contributed by atoms with E-state index < -0.39 is 11.5 Å². The Morgan fingerprint density at radius 2 is 1.90 bits per heavy atom. The fraction of sp³-hybridized carbons (Fsp3) is 0.286. The Labute approximate surface area is 120 Å². The molecule has 7 heteroatoms. The van der Waals surface area contributed by atoms with Crippen molar-refractivity contribution in [1.29, 1.82) is 0 Å². The topological polar surface area (TPSA) is 92.5 Å². The normalized spacial score (nSPS) is 10.6. The Morgan fingerprint density at radius 3 is 2.48 bits per heavy atom. The maximum atomic E-state index is 12.3. The number of carboxylic acids is 1. The van der Waals surface area contributed by atoms with Gasteiger partial charge >= 0.3 is 5.97 Å². The van der Waals surface area contributed by atoms with E-state index in [2.05, 4.69) is 5.10 Å². The first-order valence-corrected chi connectivity index (χ1v) is 6.42. The molecule has 1 heterocycles. The average molecular weight is 289 g/mol. The van der Waals surface area contributed by atoms with Crippen molar-refractivity contribution in [1.82, 2.24) is 14.7 Å². The number of benzene rings is 1. The van der Waals surface area contributed by atoms with Gasteiger partial charge in [0.05, 0.1) is 5.39 Å². The minimum Gasteiger partial charge on any atom is -0.476 e. The third-order valence-corrected chi connectivity index (χ3v) is 3.26. The zero-order valence-electron chi connectivity index (χ0n) is 11.7. The maximum absolute atomic E-state index is 12.3. The summed E-state index contributed by atoms with van der Waals surface area (Å²) in [5.74, 6) is -1.55. The third kappa shape index (κ3) is 2.76. The quantitative estimate of drug-likeness (QED) is 0.888. The molecule has 0 radical (unpaired) electrons. The van der Waals surface area contributed by atoms with Crippen molar-refractivity contribution < 1.29 is 14.7 Å². The van der Waals surface area contributed by atoms with Gasteiger partial charge in [0.2, 0.25) is 5.91 Å². The van der Waals surface area contributed by atoms with Crippen LogP contribution in [0.5, 0.6) is 0 Å². The molecule has 21 heavy (non-hydrogen) atoms. The molecule has 0 atom stereocenters. The number of fused-ring (bicyclic) bond motifs is 1. The molecular weight excluding hydrogens is 274 g/mol. The van der Waals surface area contributed by atoms with E-state index in [-0.39, 0.29) is 28.9 Å². The number of carboxylic acid groups (broad SMARTS) is 1. The van der Waals surface area contributed by atoms with Gasteiger partial charge in [-0.15, -0.1) is 0 Å². The fourth-order valence-corrected chi connectivity index (χ4v) is 1.93. The summed E-state index contributed by atoms with van der Waals surface area (Å²) in [7, 11) is 1.60. The van der Waals surface area contributed by atoms with Crippen LogP contribution in [0.3, 0.4) is 0 Å².